The predicted molar refractivity (Wildman–Crippen MR) is 122 cm³/mol. The van der Waals surface area contributed by atoms with Crippen LogP contribution in [-0.2, 0) is 17.8 Å². The molecule has 5 rings (SSSR count). The molecule has 2 aliphatic rings. The fourth-order valence-corrected chi connectivity index (χ4v) is 4.97. The van der Waals surface area contributed by atoms with Gasteiger partial charge in [-0.15, -0.1) is 0 Å². The summed E-state index contributed by atoms with van der Waals surface area (Å²) in [6.07, 6.45) is 8.12. The minimum Gasteiger partial charge on any atom is -0.354 e. The average Bonchev–Trinajstić information content (AvgIpc) is 2.99. The number of hydrogen-bond donors (Lipinski definition) is 0. The van der Waals surface area contributed by atoms with Gasteiger partial charge in [0.05, 0.1) is 5.92 Å². The molecule has 3 aromatic rings. The van der Waals surface area contributed by atoms with Gasteiger partial charge in [-0.1, -0.05) is 18.6 Å². The number of carbonyl (C=O) groups is 1. The van der Waals surface area contributed by atoms with Gasteiger partial charge in [-0.05, 0) is 50.3 Å². The highest BCUT2D eigenvalue weighted by Gasteiger charge is 2.31. The van der Waals surface area contributed by atoms with Crippen molar-refractivity contribution in [1.29, 1.82) is 0 Å². The SMILES string of the molecule is Cc1cccc(N(C)C(=O)C2CCCN(c3ncnc4c3nc3n4CCCCC3)C2)c1. The Bertz CT molecular complexity index is 1110. The zero-order chi connectivity index (χ0) is 21.4. The number of amides is 1. The summed E-state index contributed by atoms with van der Waals surface area (Å²) in [6.45, 7) is 4.59. The van der Waals surface area contributed by atoms with E-state index in [-0.39, 0.29) is 11.8 Å². The third kappa shape index (κ3) is 3.77. The molecule has 1 aromatic carbocycles. The number of fused-ring (bicyclic) bond motifs is 3. The lowest BCUT2D eigenvalue weighted by Gasteiger charge is -2.34. The molecule has 1 saturated heterocycles. The van der Waals surface area contributed by atoms with Gasteiger partial charge >= 0.3 is 0 Å². The summed E-state index contributed by atoms with van der Waals surface area (Å²) in [7, 11) is 1.88. The van der Waals surface area contributed by atoms with Crippen LogP contribution >= 0.6 is 0 Å². The van der Waals surface area contributed by atoms with E-state index in [2.05, 4.69) is 38.5 Å². The van der Waals surface area contributed by atoms with Crippen LogP contribution in [0.25, 0.3) is 11.2 Å². The maximum absolute atomic E-state index is 13.3. The Morgan fingerprint density at radius 3 is 2.90 bits per heavy atom. The summed E-state index contributed by atoms with van der Waals surface area (Å²) in [6, 6.07) is 8.11. The van der Waals surface area contributed by atoms with Gasteiger partial charge in [0.25, 0.3) is 0 Å². The molecule has 2 aliphatic heterocycles. The second-order valence-electron chi connectivity index (χ2n) is 8.88. The fourth-order valence-electron chi connectivity index (χ4n) is 4.97. The first-order valence-corrected chi connectivity index (χ1v) is 11.4. The van der Waals surface area contributed by atoms with Crippen molar-refractivity contribution in [2.24, 2.45) is 5.92 Å². The van der Waals surface area contributed by atoms with Crippen LogP contribution in [0.3, 0.4) is 0 Å². The van der Waals surface area contributed by atoms with Crippen molar-refractivity contribution >= 4 is 28.6 Å². The molecule has 7 nitrogen and oxygen atoms in total. The van der Waals surface area contributed by atoms with E-state index in [0.29, 0.717) is 6.54 Å². The molecule has 1 fully saturated rings. The zero-order valence-electron chi connectivity index (χ0n) is 18.4. The molecule has 0 N–H and O–H groups in total. The molecule has 2 aromatic heterocycles. The van der Waals surface area contributed by atoms with E-state index < -0.39 is 0 Å². The maximum Gasteiger partial charge on any atom is 0.231 e. The van der Waals surface area contributed by atoms with E-state index in [1.165, 1.54) is 19.3 Å². The van der Waals surface area contributed by atoms with Crippen LogP contribution in [0.5, 0.6) is 0 Å². The van der Waals surface area contributed by atoms with Crippen molar-refractivity contribution in [2.45, 2.75) is 52.0 Å². The number of nitrogens with zero attached hydrogens (tertiary/aromatic N) is 6. The van der Waals surface area contributed by atoms with Gasteiger partial charge in [0.2, 0.25) is 5.91 Å². The van der Waals surface area contributed by atoms with Gasteiger partial charge in [-0.3, -0.25) is 4.79 Å². The highest BCUT2D eigenvalue weighted by Crippen LogP contribution is 2.30. The molecule has 0 saturated carbocycles. The second kappa shape index (κ2) is 8.29. The first kappa shape index (κ1) is 20.0. The summed E-state index contributed by atoms with van der Waals surface area (Å²) in [5.41, 5.74) is 3.93. The maximum atomic E-state index is 13.3. The Balaban J connectivity index is 1.40. The van der Waals surface area contributed by atoms with Crippen molar-refractivity contribution in [3.8, 4) is 0 Å². The van der Waals surface area contributed by atoms with Crippen LogP contribution < -0.4 is 9.80 Å². The molecule has 0 radical (unpaired) electrons. The Labute approximate surface area is 183 Å². The Kier molecular flexibility index (Phi) is 5.34. The number of aromatic nitrogens is 4. The summed E-state index contributed by atoms with van der Waals surface area (Å²) in [5, 5.41) is 0. The zero-order valence-corrected chi connectivity index (χ0v) is 18.4. The molecule has 1 atom stereocenters. The van der Waals surface area contributed by atoms with Crippen LogP contribution in [0.1, 0.15) is 43.5 Å². The first-order chi connectivity index (χ1) is 15.1. The topological polar surface area (TPSA) is 67.2 Å². The van der Waals surface area contributed by atoms with Gasteiger partial charge in [-0.2, -0.15) is 0 Å². The summed E-state index contributed by atoms with van der Waals surface area (Å²) in [5.74, 6) is 2.12. The number of imidazole rings is 1. The molecular formula is C24H30N6O. The van der Waals surface area contributed by atoms with Gasteiger partial charge in [0, 0.05) is 38.8 Å². The Morgan fingerprint density at radius 2 is 2.03 bits per heavy atom. The summed E-state index contributed by atoms with van der Waals surface area (Å²) in [4.78, 5) is 31.5. The first-order valence-electron chi connectivity index (χ1n) is 11.4. The molecule has 0 spiro atoms. The minimum atomic E-state index is -0.0512. The Morgan fingerprint density at radius 1 is 1.13 bits per heavy atom. The van der Waals surface area contributed by atoms with Crippen LogP contribution in [0.15, 0.2) is 30.6 Å². The van der Waals surface area contributed by atoms with E-state index in [9.17, 15) is 4.79 Å². The highest BCUT2D eigenvalue weighted by atomic mass is 16.2. The van der Waals surface area contributed by atoms with Crippen molar-refractivity contribution in [3.05, 3.63) is 42.0 Å². The second-order valence-corrected chi connectivity index (χ2v) is 8.88. The molecule has 0 aliphatic carbocycles. The number of piperidine rings is 1. The van der Waals surface area contributed by atoms with Crippen LogP contribution in [-0.4, -0.2) is 45.6 Å². The number of rotatable bonds is 3. The lowest BCUT2D eigenvalue weighted by atomic mass is 9.96. The molecule has 31 heavy (non-hydrogen) atoms. The Hall–Kier alpha value is -2.96. The van der Waals surface area contributed by atoms with E-state index in [4.69, 9.17) is 4.98 Å². The number of anilines is 2. The van der Waals surface area contributed by atoms with Gasteiger partial charge in [0.1, 0.15) is 12.2 Å². The van der Waals surface area contributed by atoms with E-state index >= 15 is 0 Å². The largest absolute Gasteiger partial charge is 0.354 e. The summed E-state index contributed by atoms with van der Waals surface area (Å²) >= 11 is 0. The third-order valence-electron chi connectivity index (χ3n) is 6.66. The van der Waals surface area contributed by atoms with Crippen molar-refractivity contribution < 1.29 is 4.79 Å². The number of benzene rings is 1. The molecule has 1 unspecified atom stereocenters. The van der Waals surface area contributed by atoms with E-state index in [1.54, 1.807) is 11.2 Å². The highest BCUT2D eigenvalue weighted by molar-refractivity contribution is 5.95. The van der Waals surface area contributed by atoms with Crippen molar-refractivity contribution in [3.63, 3.8) is 0 Å². The van der Waals surface area contributed by atoms with Crippen molar-refractivity contribution in [1.82, 2.24) is 19.5 Å². The fraction of sp³-hybridized carbons (Fsp3) is 0.500. The lowest BCUT2D eigenvalue weighted by molar-refractivity contribution is -0.122. The molecule has 1 amide bonds. The third-order valence-corrected chi connectivity index (χ3v) is 6.66. The van der Waals surface area contributed by atoms with Crippen LogP contribution in [0.4, 0.5) is 11.5 Å². The monoisotopic (exact) mass is 418 g/mol. The van der Waals surface area contributed by atoms with E-state index in [1.807, 2.05) is 19.2 Å². The molecule has 162 valence electrons. The predicted octanol–water partition coefficient (Wildman–Crippen LogP) is 3.74. The minimum absolute atomic E-state index is 0.0512. The van der Waals surface area contributed by atoms with Crippen molar-refractivity contribution in [2.75, 3.05) is 29.9 Å². The number of carbonyl (C=O) groups excluding carboxylic acids is 1. The average molecular weight is 419 g/mol. The molecular weight excluding hydrogens is 388 g/mol. The quantitative estimate of drug-likeness (QED) is 0.648. The van der Waals surface area contributed by atoms with Crippen LogP contribution in [0.2, 0.25) is 0 Å². The molecule has 0 bridgehead atoms. The van der Waals surface area contributed by atoms with Gasteiger partial charge < -0.3 is 14.4 Å². The van der Waals surface area contributed by atoms with Crippen LogP contribution in [0, 0.1) is 12.8 Å². The number of aryl methyl sites for hydroxylation is 3. The smallest absolute Gasteiger partial charge is 0.231 e. The number of hydrogen-bond acceptors (Lipinski definition) is 5. The van der Waals surface area contributed by atoms with E-state index in [0.717, 1.165) is 66.4 Å². The van der Waals surface area contributed by atoms with Gasteiger partial charge in [-0.25, -0.2) is 15.0 Å². The lowest BCUT2D eigenvalue weighted by Crippen LogP contribution is -2.44. The summed E-state index contributed by atoms with van der Waals surface area (Å²) < 4.78 is 2.27. The van der Waals surface area contributed by atoms with Gasteiger partial charge in [0.15, 0.2) is 17.0 Å². The normalized spacial score (nSPS) is 19.2. The standard InChI is InChI=1S/C24H30N6O/c1-17-8-6-10-19(14-17)28(2)24(31)18-9-7-12-29(15-18)22-21-23(26-16-25-22)30-13-5-3-4-11-20(30)27-21/h6,8,10,14,16,18H,3-5,7,9,11-13,15H2,1-2H3. The molecule has 4 heterocycles. The molecule has 7 heteroatoms.